The maximum atomic E-state index is 16.2. The van der Waals surface area contributed by atoms with E-state index in [1.165, 1.54) is 7.11 Å². The van der Waals surface area contributed by atoms with Crippen LogP contribution in [0.25, 0.3) is 32.9 Å². The fourth-order valence-electron chi connectivity index (χ4n) is 6.43. The van der Waals surface area contributed by atoms with Crippen molar-refractivity contribution in [2.45, 2.75) is 25.0 Å². The number of rotatable bonds is 6. The van der Waals surface area contributed by atoms with Crippen LogP contribution in [0.1, 0.15) is 12.8 Å². The van der Waals surface area contributed by atoms with Gasteiger partial charge in [0.2, 0.25) is 5.91 Å². The van der Waals surface area contributed by atoms with Gasteiger partial charge in [0.05, 0.1) is 24.7 Å². The first-order valence-corrected chi connectivity index (χ1v) is 15.0. The van der Waals surface area contributed by atoms with Crippen molar-refractivity contribution < 1.29 is 18.7 Å². The molecule has 3 aliphatic rings. The van der Waals surface area contributed by atoms with Gasteiger partial charge in [-0.1, -0.05) is 48.0 Å². The lowest BCUT2D eigenvalue weighted by Gasteiger charge is -2.35. The third-order valence-electron chi connectivity index (χ3n) is 8.57. The van der Waals surface area contributed by atoms with E-state index < -0.39 is 5.82 Å². The molecule has 2 unspecified atom stereocenters. The molecular weight excluding hydrogens is 571 g/mol. The average molecular weight is 603 g/mol. The number of hydrogen-bond donors (Lipinski definition) is 0. The van der Waals surface area contributed by atoms with Crippen LogP contribution in [-0.2, 0) is 9.53 Å². The molecule has 3 fully saturated rings. The van der Waals surface area contributed by atoms with Crippen molar-refractivity contribution in [2.24, 2.45) is 0 Å². The molecule has 7 rings (SSSR count). The summed E-state index contributed by atoms with van der Waals surface area (Å²) in [7, 11) is 1.46. The van der Waals surface area contributed by atoms with Gasteiger partial charge >= 0.3 is 6.01 Å². The van der Waals surface area contributed by atoms with Crippen molar-refractivity contribution in [1.82, 2.24) is 24.8 Å². The Morgan fingerprint density at radius 2 is 1.84 bits per heavy atom. The van der Waals surface area contributed by atoms with E-state index in [4.69, 9.17) is 21.1 Å². The van der Waals surface area contributed by atoms with E-state index in [-0.39, 0.29) is 23.1 Å². The average Bonchev–Trinajstić information content (AvgIpc) is 3.38. The van der Waals surface area contributed by atoms with Gasteiger partial charge in [-0.15, -0.1) is 0 Å². The number of ether oxygens (including phenoxy) is 2. The van der Waals surface area contributed by atoms with E-state index >= 15 is 4.39 Å². The monoisotopic (exact) mass is 602 g/mol. The van der Waals surface area contributed by atoms with Gasteiger partial charge < -0.3 is 19.3 Å². The zero-order chi connectivity index (χ0) is 29.5. The Hall–Kier alpha value is -3.86. The number of likely N-dealkylation sites (tertiary alicyclic amines) is 1. The van der Waals surface area contributed by atoms with Crippen molar-refractivity contribution in [3.05, 3.63) is 65.6 Å². The van der Waals surface area contributed by atoms with Gasteiger partial charge in [-0.05, 0) is 24.3 Å². The number of morpholine rings is 1. The van der Waals surface area contributed by atoms with Gasteiger partial charge in [-0.25, -0.2) is 4.39 Å². The molecule has 0 spiro atoms. The number of anilines is 1. The number of piperazine rings is 1. The highest BCUT2D eigenvalue weighted by Gasteiger charge is 2.33. The van der Waals surface area contributed by atoms with Crippen LogP contribution in [0.4, 0.5) is 10.2 Å². The van der Waals surface area contributed by atoms with Crippen LogP contribution in [0, 0.1) is 5.82 Å². The summed E-state index contributed by atoms with van der Waals surface area (Å²) in [6, 6.07) is 11.2. The minimum absolute atomic E-state index is 0.00731. The molecule has 1 amide bonds. The molecule has 0 aliphatic carbocycles. The van der Waals surface area contributed by atoms with Crippen molar-refractivity contribution in [1.29, 1.82) is 0 Å². The van der Waals surface area contributed by atoms with Crippen LogP contribution >= 0.6 is 11.6 Å². The summed E-state index contributed by atoms with van der Waals surface area (Å²) in [5.41, 5.74) is 0.863. The van der Waals surface area contributed by atoms with Crippen molar-refractivity contribution in [3.63, 3.8) is 0 Å². The molecule has 0 saturated carbocycles. The number of carbonyl (C=O) groups is 1. The van der Waals surface area contributed by atoms with Gasteiger partial charge in [0.15, 0.2) is 5.82 Å². The second kappa shape index (κ2) is 11.7. The van der Waals surface area contributed by atoms with Gasteiger partial charge in [0, 0.05) is 74.1 Å². The number of hydrogen-bond acceptors (Lipinski definition) is 8. The molecule has 3 saturated heterocycles. The van der Waals surface area contributed by atoms with Gasteiger partial charge in [0.25, 0.3) is 0 Å². The Labute approximate surface area is 253 Å². The molecule has 4 aromatic rings. The summed E-state index contributed by atoms with van der Waals surface area (Å²) in [5.74, 6) is -0.0495. The molecule has 0 N–H and O–H groups in total. The van der Waals surface area contributed by atoms with Crippen LogP contribution in [0.2, 0.25) is 5.02 Å². The summed E-state index contributed by atoms with van der Waals surface area (Å²) in [6.07, 6.45) is 8.16. The fraction of sp³-hybridized carbons (Fsp3) is 0.375. The Morgan fingerprint density at radius 1 is 1.09 bits per heavy atom. The van der Waals surface area contributed by atoms with Crippen LogP contribution in [0.5, 0.6) is 6.01 Å². The standard InChI is InChI=1S/C32H32ClFN6O3/c1-42-32-36-30-24(17-35-29(28(30)34)23-7-2-5-20-6-3-8-25(33)27(20)23)31(37-32)40-15-13-39(14-16-40)26(41)9-4-12-38-18-21-10-11-22(19-38)43-21/h2-9,17,21-22H,10-16,18-19H2,1H3/b9-4+. The SMILES string of the molecule is COc1nc(N2CCN(C(=O)/C=C/CN3CC4CCC(C3)O4)CC2)c2cnc(-c3cccc4cccc(Cl)c34)c(F)c2n1. The van der Waals surface area contributed by atoms with Crippen molar-refractivity contribution in [2.75, 3.05) is 57.8 Å². The Bertz CT molecular complexity index is 1710. The molecule has 2 bridgehead atoms. The van der Waals surface area contributed by atoms with Gasteiger partial charge in [0.1, 0.15) is 17.0 Å². The lowest BCUT2D eigenvalue weighted by molar-refractivity contribution is -0.126. The van der Waals surface area contributed by atoms with Crippen molar-refractivity contribution >= 4 is 45.0 Å². The quantitative estimate of drug-likeness (QED) is 0.293. The Balaban J connectivity index is 1.10. The number of pyridine rings is 1. The Morgan fingerprint density at radius 3 is 2.58 bits per heavy atom. The van der Waals surface area contributed by atoms with E-state index in [0.29, 0.717) is 60.2 Å². The highest BCUT2D eigenvalue weighted by Crippen LogP contribution is 2.37. The number of halogens is 2. The molecule has 5 heterocycles. The first-order chi connectivity index (χ1) is 21.0. The van der Waals surface area contributed by atoms with Crippen LogP contribution < -0.4 is 9.64 Å². The summed E-state index contributed by atoms with van der Waals surface area (Å²) in [6.45, 7) is 4.70. The lowest BCUT2D eigenvalue weighted by Crippen LogP contribution is -2.48. The van der Waals surface area contributed by atoms with E-state index in [1.807, 2.05) is 40.1 Å². The summed E-state index contributed by atoms with van der Waals surface area (Å²) < 4.78 is 27.5. The summed E-state index contributed by atoms with van der Waals surface area (Å²) >= 11 is 6.53. The minimum atomic E-state index is -0.570. The smallest absolute Gasteiger partial charge is 0.318 e. The highest BCUT2D eigenvalue weighted by atomic mass is 35.5. The predicted octanol–water partition coefficient (Wildman–Crippen LogP) is 4.71. The molecule has 3 aliphatic heterocycles. The summed E-state index contributed by atoms with van der Waals surface area (Å²) in [4.78, 5) is 32.6. The van der Waals surface area contributed by atoms with E-state index in [1.54, 1.807) is 24.4 Å². The number of amides is 1. The minimum Gasteiger partial charge on any atom is -0.467 e. The first kappa shape index (κ1) is 27.9. The molecule has 11 heteroatoms. The van der Waals surface area contributed by atoms with Crippen molar-refractivity contribution in [3.8, 4) is 17.3 Å². The third-order valence-corrected chi connectivity index (χ3v) is 8.88. The first-order valence-electron chi connectivity index (χ1n) is 14.6. The number of nitrogens with zero attached hydrogens (tertiary/aromatic N) is 6. The normalized spacial score (nSPS) is 20.9. The fourth-order valence-corrected chi connectivity index (χ4v) is 6.71. The topological polar surface area (TPSA) is 83.9 Å². The second-order valence-electron chi connectivity index (χ2n) is 11.3. The Kier molecular flexibility index (Phi) is 7.58. The van der Waals surface area contributed by atoms with Gasteiger partial charge in [-0.3, -0.25) is 14.7 Å². The number of carbonyl (C=O) groups excluding carboxylic acids is 1. The molecule has 43 heavy (non-hydrogen) atoms. The van der Waals surface area contributed by atoms with Crippen LogP contribution in [-0.4, -0.2) is 95.8 Å². The van der Waals surface area contributed by atoms with E-state index in [9.17, 15) is 4.79 Å². The summed E-state index contributed by atoms with van der Waals surface area (Å²) in [5, 5.41) is 2.62. The molecule has 2 atom stereocenters. The molecular formula is C32H32ClFN6O3. The molecule has 2 aromatic carbocycles. The predicted molar refractivity (Wildman–Crippen MR) is 164 cm³/mol. The third kappa shape index (κ3) is 5.39. The van der Waals surface area contributed by atoms with E-state index in [0.717, 1.165) is 43.2 Å². The second-order valence-corrected chi connectivity index (χ2v) is 11.7. The van der Waals surface area contributed by atoms with Crippen LogP contribution in [0.15, 0.2) is 54.7 Å². The maximum absolute atomic E-state index is 16.2. The largest absolute Gasteiger partial charge is 0.467 e. The zero-order valence-electron chi connectivity index (χ0n) is 23.9. The highest BCUT2D eigenvalue weighted by molar-refractivity contribution is 6.36. The molecule has 222 valence electrons. The number of methoxy groups -OCH3 is 1. The molecule has 2 aromatic heterocycles. The maximum Gasteiger partial charge on any atom is 0.318 e. The molecule has 9 nitrogen and oxygen atoms in total. The number of aromatic nitrogens is 3. The van der Waals surface area contributed by atoms with Gasteiger partial charge in [-0.2, -0.15) is 9.97 Å². The molecule has 0 radical (unpaired) electrons. The van der Waals surface area contributed by atoms with E-state index in [2.05, 4.69) is 19.9 Å². The van der Waals surface area contributed by atoms with Crippen LogP contribution in [0.3, 0.4) is 0 Å². The number of fused-ring (bicyclic) bond motifs is 4. The number of benzene rings is 2. The lowest BCUT2D eigenvalue weighted by atomic mass is 10.0. The zero-order valence-corrected chi connectivity index (χ0v) is 24.6.